The quantitative estimate of drug-likeness (QED) is 0.149. The van der Waals surface area contributed by atoms with Crippen molar-refractivity contribution in [1.29, 1.82) is 0 Å². The molecule has 5 heteroatoms. The zero-order valence-corrected chi connectivity index (χ0v) is 33.2. The second kappa shape index (κ2) is 16.7. The molecule has 0 bridgehead atoms. The number of pyridine rings is 1. The van der Waals surface area contributed by atoms with Crippen LogP contribution in [0.15, 0.2) is 158 Å². The van der Waals surface area contributed by atoms with Gasteiger partial charge in [0.15, 0.2) is 0 Å². The maximum Gasteiger partial charge on any atom is 0.0774 e. The summed E-state index contributed by atoms with van der Waals surface area (Å²) in [6.07, 6.45) is 3.58. The summed E-state index contributed by atoms with van der Waals surface area (Å²) in [6.45, 7) is 2.33. The van der Waals surface area contributed by atoms with Gasteiger partial charge in [-0.25, -0.2) is 0 Å². The standard InChI is InChI=1S/C37H29N2S.C12H10N.Ir/c1-3-12-26-19-20-35-31(23-26)32(24-40-35)37-38-33-17-10-11-18-34(33)39(37)36-29(27-13-6-4-7-14-27)21-25(2)22-30(36)28-15-8-5-9-16-28;1-10-7-8-12(13-9-10)11-5-3-2-4-6-11;/h4-11,13-23H,3,12H2,1-2H3;2-5,7-9H,1H3;/q2*-1;/i;1D3;. The Balaban J connectivity index is 0.000000246. The molecule has 0 saturated carbocycles. The minimum Gasteiger partial charge on any atom is -0.332 e. The molecule has 0 spiro atoms. The second-order valence-electron chi connectivity index (χ2n) is 13.1. The molecule has 0 aliphatic rings. The number of imidazole rings is 1. The van der Waals surface area contributed by atoms with Crippen LogP contribution in [0.5, 0.6) is 0 Å². The topological polar surface area (TPSA) is 30.7 Å². The smallest absolute Gasteiger partial charge is 0.0774 e. The van der Waals surface area contributed by atoms with Crippen molar-refractivity contribution < 1.29 is 24.2 Å². The van der Waals surface area contributed by atoms with E-state index in [1.54, 1.807) is 29.5 Å². The van der Waals surface area contributed by atoms with Gasteiger partial charge in [0, 0.05) is 41.5 Å². The van der Waals surface area contributed by atoms with E-state index in [2.05, 4.69) is 150 Å². The van der Waals surface area contributed by atoms with Crippen LogP contribution in [0.25, 0.3) is 71.7 Å². The van der Waals surface area contributed by atoms with Gasteiger partial charge in [0.05, 0.1) is 22.5 Å². The summed E-state index contributed by atoms with van der Waals surface area (Å²) >= 11 is 1.67. The minimum atomic E-state index is -2.09. The van der Waals surface area contributed by atoms with Crippen LogP contribution in [0.2, 0.25) is 0 Å². The fourth-order valence-electron chi connectivity index (χ4n) is 6.85. The summed E-state index contributed by atoms with van der Waals surface area (Å²) in [6, 6.07) is 55.2. The van der Waals surface area contributed by atoms with E-state index in [-0.39, 0.29) is 25.7 Å². The summed E-state index contributed by atoms with van der Waals surface area (Å²) in [5, 5.41) is 4.88. The zero-order valence-electron chi connectivity index (χ0n) is 33.0. The Morgan fingerprint density at radius 2 is 1.44 bits per heavy atom. The van der Waals surface area contributed by atoms with Crippen molar-refractivity contribution in [3.63, 3.8) is 0 Å². The molecule has 3 nitrogen and oxygen atoms in total. The van der Waals surface area contributed by atoms with E-state index in [0.29, 0.717) is 0 Å². The van der Waals surface area contributed by atoms with Crippen molar-refractivity contribution in [3.8, 4) is 50.6 Å². The molecule has 0 fully saturated rings. The summed E-state index contributed by atoms with van der Waals surface area (Å²) in [5.74, 6) is 0.930. The number of hydrogen-bond donors (Lipinski definition) is 0. The first-order chi connectivity index (χ1) is 27.3. The predicted octanol–water partition coefficient (Wildman–Crippen LogP) is 13.2. The molecule has 0 saturated heterocycles. The van der Waals surface area contributed by atoms with E-state index in [1.807, 2.05) is 18.2 Å². The maximum atomic E-state index is 7.23. The minimum absolute atomic E-state index is 0. The Labute approximate surface area is 339 Å². The molecule has 54 heavy (non-hydrogen) atoms. The third kappa shape index (κ3) is 7.62. The molecule has 0 unspecified atom stereocenters. The van der Waals surface area contributed by atoms with Gasteiger partial charge in [-0.05, 0) is 72.4 Å². The number of aryl methyl sites for hydroxylation is 3. The van der Waals surface area contributed by atoms with Crippen LogP contribution in [0, 0.1) is 25.2 Å². The average molecular weight is 897 g/mol. The molecule has 6 aromatic carbocycles. The van der Waals surface area contributed by atoms with Crippen molar-refractivity contribution in [2.45, 2.75) is 33.5 Å². The maximum absolute atomic E-state index is 7.23. The van der Waals surface area contributed by atoms with Crippen LogP contribution >= 0.6 is 11.3 Å². The molecule has 0 N–H and O–H groups in total. The molecule has 0 amide bonds. The van der Waals surface area contributed by atoms with Crippen LogP contribution in [0.4, 0.5) is 0 Å². The molecular formula is C49H39IrN3S-2. The summed E-state index contributed by atoms with van der Waals surface area (Å²) < 4.78 is 25.3. The molecular weight excluding hydrogens is 855 g/mol. The van der Waals surface area contributed by atoms with Gasteiger partial charge in [-0.1, -0.05) is 132 Å². The third-order valence-electron chi connectivity index (χ3n) is 9.30. The number of fused-ring (bicyclic) bond motifs is 2. The van der Waals surface area contributed by atoms with Gasteiger partial charge in [-0.15, -0.1) is 47.3 Å². The summed E-state index contributed by atoms with van der Waals surface area (Å²) in [4.78, 5) is 9.41. The average Bonchev–Trinajstić information content (AvgIpc) is 3.83. The van der Waals surface area contributed by atoms with Crippen LogP contribution in [0.3, 0.4) is 0 Å². The number of rotatable bonds is 7. The Bertz CT molecular complexity index is 2680. The number of benzene rings is 6. The van der Waals surface area contributed by atoms with E-state index in [0.717, 1.165) is 52.2 Å². The van der Waals surface area contributed by atoms with Gasteiger partial charge in [-0.2, -0.15) is 0 Å². The number of hydrogen-bond acceptors (Lipinski definition) is 3. The van der Waals surface area contributed by atoms with Crippen LogP contribution in [-0.2, 0) is 26.5 Å². The first-order valence-electron chi connectivity index (χ1n) is 19.4. The summed E-state index contributed by atoms with van der Waals surface area (Å²) in [5.41, 5.74) is 13.5. The molecule has 1 radical (unpaired) electrons. The van der Waals surface area contributed by atoms with Gasteiger partial charge < -0.3 is 9.55 Å². The fraction of sp³-hybridized carbons (Fsp3) is 0.102. The van der Waals surface area contributed by atoms with Gasteiger partial charge in [0.25, 0.3) is 0 Å². The van der Waals surface area contributed by atoms with E-state index in [1.165, 1.54) is 49.7 Å². The van der Waals surface area contributed by atoms with Crippen molar-refractivity contribution in [1.82, 2.24) is 14.5 Å². The molecule has 3 aromatic heterocycles. The number of aromatic nitrogens is 3. The Kier molecular flexibility index (Phi) is 10.2. The number of para-hydroxylation sites is 2. The molecule has 0 atom stereocenters. The van der Waals surface area contributed by atoms with Crippen molar-refractivity contribution in [2.24, 2.45) is 0 Å². The predicted molar refractivity (Wildman–Crippen MR) is 224 cm³/mol. The van der Waals surface area contributed by atoms with Gasteiger partial charge in [-0.3, -0.25) is 16.3 Å². The van der Waals surface area contributed by atoms with Crippen molar-refractivity contribution >= 4 is 32.5 Å². The molecule has 3 heterocycles. The normalized spacial score (nSPS) is 11.9. The Morgan fingerprint density at radius 1 is 0.741 bits per heavy atom. The number of thiophene rings is 1. The first-order valence-corrected chi connectivity index (χ1v) is 18.7. The molecule has 267 valence electrons. The monoisotopic (exact) mass is 897 g/mol. The van der Waals surface area contributed by atoms with Crippen molar-refractivity contribution in [3.05, 3.63) is 186 Å². The molecule has 9 rings (SSSR count). The van der Waals surface area contributed by atoms with Crippen LogP contribution in [0.1, 0.15) is 34.1 Å². The molecule has 0 aliphatic carbocycles. The van der Waals surface area contributed by atoms with Gasteiger partial charge >= 0.3 is 0 Å². The Morgan fingerprint density at radius 3 is 2.09 bits per heavy atom. The number of nitrogens with zero attached hydrogens (tertiary/aromatic N) is 3. The largest absolute Gasteiger partial charge is 0.332 e. The van der Waals surface area contributed by atoms with Gasteiger partial charge in [0.2, 0.25) is 0 Å². The van der Waals surface area contributed by atoms with Gasteiger partial charge in [0.1, 0.15) is 0 Å². The Hall–Kier alpha value is -5.45. The van der Waals surface area contributed by atoms with Crippen LogP contribution in [-0.4, -0.2) is 14.5 Å². The van der Waals surface area contributed by atoms with Crippen LogP contribution < -0.4 is 0 Å². The molecule has 0 aliphatic heterocycles. The van der Waals surface area contributed by atoms with E-state index in [4.69, 9.17) is 9.10 Å². The van der Waals surface area contributed by atoms with Crippen molar-refractivity contribution in [2.75, 3.05) is 0 Å². The zero-order chi connectivity index (χ0) is 38.6. The SMILES string of the molecule is CCCc1ccc2s[c-]c(-c3nc4ccccc4n3-c3c(-c4ccccc4)cc(C)cc3-c3ccccc3)c2c1.[2H]C([2H])([2H])c1ccc(-c2[c-]cccc2)nc1.[Ir]. The fourth-order valence-corrected chi connectivity index (χ4v) is 7.67. The van der Waals surface area contributed by atoms with E-state index >= 15 is 0 Å². The van der Waals surface area contributed by atoms with E-state index in [9.17, 15) is 0 Å². The third-order valence-corrected chi connectivity index (χ3v) is 10.2. The van der Waals surface area contributed by atoms with E-state index < -0.39 is 6.85 Å². The molecule has 9 aromatic rings. The summed E-state index contributed by atoms with van der Waals surface area (Å²) in [7, 11) is 0. The first kappa shape index (κ1) is 33.1. The second-order valence-corrected chi connectivity index (χ2v) is 13.9.